The molecule has 34 heavy (non-hydrogen) atoms. The van der Waals surface area contributed by atoms with Crippen LogP contribution in [0.1, 0.15) is 20.7 Å². The smallest absolute Gasteiger partial charge is 0.254 e. The van der Waals surface area contributed by atoms with Crippen LogP contribution in [0.25, 0.3) is 22.6 Å². The number of nitrogens with zero attached hydrogens (tertiary/aromatic N) is 3. The molecule has 2 fully saturated rings. The average molecular weight is 453 g/mol. The molecule has 7 heteroatoms. The SMILES string of the molecule is O=C(NC1CN(C2CN(C(=O)c3ccc4nc(-c5ccccc5)oc4c3)C2)C1)c1ccccc1. The zero-order valence-electron chi connectivity index (χ0n) is 18.6. The van der Waals surface area contributed by atoms with Gasteiger partial charge in [0.1, 0.15) is 5.52 Å². The summed E-state index contributed by atoms with van der Waals surface area (Å²) in [6, 6.07) is 24.9. The Balaban J connectivity index is 1.03. The number of hydrogen-bond donors (Lipinski definition) is 1. The molecular formula is C27H24N4O3. The highest BCUT2D eigenvalue weighted by Gasteiger charge is 2.41. The number of hydrogen-bond acceptors (Lipinski definition) is 5. The number of benzene rings is 3. The fourth-order valence-electron chi connectivity index (χ4n) is 4.56. The molecule has 2 aliphatic rings. The first-order valence-electron chi connectivity index (χ1n) is 11.5. The zero-order chi connectivity index (χ0) is 23.1. The van der Waals surface area contributed by atoms with Crippen LogP contribution in [0.5, 0.6) is 0 Å². The van der Waals surface area contributed by atoms with E-state index in [1.165, 1.54) is 0 Å². The van der Waals surface area contributed by atoms with Gasteiger partial charge in [0.25, 0.3) is 11.8 Å². The lowest BCUT2D eigenvalue weighted by Gasteiger charge is -2.51. The molecule has 6 rings (SSSR count). The van der Waals surface area contributed by atoms with Gasteiger partial charge in [0.2, 0.25) is 5.89 Å². The van der Waals surface area contributed by atoms with Gasteiger partial charge in [0, 0.05) is 48.9 Å². The van der Waals surface area contributed by atoms with Crippen LogP contribution in [0, 0.1) is 0 Å². The molecule has 2 saturated heterocycles. The Morgan fingerprint density at radius 1 is 0.853 bits per heavy atom. The number of amides is 2. The summed E-state index contributed by atoms with van der Waals surface area (Å²) in [5.41, 5.74) is 3.55. The van der Waals surface area contributed by atoms with Crippen LogP contribution >= 0.6 is 0 Å². The van der Waals surface area contributed by atoms with E-state index in [-0.39, 0.29) is 17.9 Å². The van der Waals surface area contributed by atoms with Crippen LogP contribution in [-0.2, 0) is 0 Å². The second-order valence-electron chi connectivity index (χ2n) is 8.92. The first-order valence-corrected chi connectivity index (χ1v) is 11.5. The summed E-state index contributed by atoms with van der Waals surface area (Å²) >= 11 is 0. The maximum Gasteiger partial charge on any atom is 0.254 e. The van der Waals surface area contributed by atoms with Crippen LogP contribution in [0.3, 0.4) is 0 Å². The maximum atomic E-state index is 13.0. The highest BCUT2D eigenvalue weighted by atomic mass is 16.3. The first-order chi connectivity index (χ1) is 16.6. The normalized spacial score (nSPS) is 16.8. The molecule has 0 saturated carbocycles. The monoisotopic (exact) mass is 452 g/mol. The Bertz CT molecular complexity index is 1340. The fraction of sp³-hybridized carbons (Fsp3) is 0.222. The van der Waals surface area contributed by atoms with Crippen LogP contribution in [0.2, 0.25) is 0 Å². The molecule has 0 unspecified atom stereocenters. The Hall–Kier alpha value is -3.97. The van der Waals surface area contributed by atoms with E-state index >= 15 is 0 Å². The molecule has 1 N–H and O–H groups in total. The Morgan fingerprint density at radius 3 is 2.29 bits per heavy atom. The number of carbonyl (C=O) groups excluding carboxylic acids is 2. The van der Waals surface area contributed by atoms with Crippen molar-refractivity contribution in [1.29, 1.82) is 0 Å². The number of fused-ring (bicyclic) bond motifs is 1. The van der Waals surface area contributed by atoms with Crippen molar-refractivity contribution in [3.05, 3.63) is 90.0 Å². The van der Waals surface area contributed by atoms with E-state index in [4.69, 9.17) is 4.42 Å². The Morgan fingerprint density at radius 2 is 1.56 bits per heavy atom. The van der Waals surface area contributed by atoms with Crippen LogP contribution in [-0.4, -0.2) is 64.9 Å². The van der Waals surface area contributed by atoms with Crippen molar-refractivity contribution in [2.24, 2.45) is 0 Å². The van der Waals surface area contributed by atoms with Gasteiger partial charge in [-0.1, -0.05) is 36.4 Å². The Labute approximate surface area is 197 Å². The molecule has 1 aromatic heterocycles. The predicted octanol–water partition coefficient (Wildman–Crippen LogP) is 3.43. The quantitative estimate of drug-likeness (QED) is 0.502. The van der Waals surface area contributed by atoms with E-state index in [1.54, 1.807) is 6.07 Å². The predicted molar refractivity (Wildman–Crippen MR) is 128 cm³/mol. The summed E-state index contributed by atoms with van der Waals surface area (Å²) in [5, 5.41) is 3.08. The molecule has 2 aliphatic heterocycles. The minimum Gasteiger partial charge on any atom is -0.436 e. The van der Waals surface area contributed by atoms with Gasteiger partial charge in [0.15, 0.2) is 5.58 Å². The molecule has 7 nitrogen and oxygen atoms in total. The van der Waals surface area contributed by atoms with Crippen molar-refractivity contribution < 1.29 is 14.0 Å². The van der Waals surface area contributed by atoms with E-state index in [1.807, 2.05) is 77.7 Å². The Kier molecular flexibility index (Phi) is 5.11. The van der Waals surface area contributed by atoms with Crippen molar-refractivity contribution in [3.8, 4) is 11.5 Å². The number of nitrogens with one attached hydrogen (secondary N) is 1. The third-order valence-corrected chi connectivity index (χ3v) is 6.60. The fourth-order valence-corrected chi connectivity index (χ4v) is 4.56. The molecule has 3 aromatic carbocycles. The number of aromatic nitrogens is 1. The lowest BCUT2D eigenvalue weighted by atomic mass is 9.98. The summed E-state index contributed by atoms with van der Waals surface area (Å²) in [5.74, 6) is 0.523. The van der Waals surface area contributed by atoms with Crippen molar-refractivity contribution in [1.82, 2.24) is 20.1 Å². The summed E-state index contributed by atoms with van der Waals surface area (Å²) in [6.45, 7) is 3.03. The minimum absolute atomic E-state index is 0.00487. The lowest BCUT2D eigenvalue weighted by molar-refractivity contribution is -0.00941. The standard InChI is InChI=1S/C27H24N4O3/c32-25(18-7-3-1-4-8-18)28-21-14-30(15-21)22-16-31(17-22)27(33)20-11-12-23-24(13-20)34-26(29-23)19-9-5-2-6-10-19/h1-13,21-22H,14-17H2,(H,28,32). The molecule has 4 aromatic rings. The molecule has 170 valence electrons. The summed E-state index contributed by atoms with van der Waals surface area (Å²) in [7, 11) is 0. The van der Waals surface area contributed by atoms with Crippen molar-refractivity contribution in [3.63, 3.8) is 0 Å². The molecule has 2 amide bonds. The van der Waals surface area contributed by atoms with Gasteiger partial charge < -0.3 is 14.6 Å². The van der Waals surface area contributed by atoms with Crippen LogP contribution < -0.4 is 5.32 Å². The van der Waals surface area contributed by atoms with Gasteiger partial charge in [-0.3, -0.25) is 14.5 Å². The van der Waals surface area contributed by atoms with Crippen molar-refractivity contribution in [2.45, 2.75) is 12.1 Å². The van der Waals surface area contributed by atoms with Gasteiger partial charge in [-0.2, -0.15) is 0 Å². The topological polar surface area (TPSA) is 78.7 Å². The van der Waals surface area contributed by atoms with E-state index in [0.29, 0.717) is 41.7 Å². The van der Waals surface area contributed by atoms with Gasteiger partial charge in [-0.15, -0.1) is 0 Å². The zero-order valence-corrected chi connectivity index (χ0v) is 18.6. The van der Waals surface area contributed by atoms with E-state index in [2.05, 4.69) is 15.2 Å². The molecule has 0 radical (unpaired) electrons. The maximum absolute atomic E-state index is 13.0. The van der Waals surface area contributed by atoms with E-state index in [9.17, 15) is 9.59 Å². The summed E-state index contributed by atoms with van der Waals surface area (Å²) in [4.78, 5) is 34.0. The largest absolute Gasteiger partial charge is 0.436 e. The van der Waals surface area contributed by atoms with Gasteiger partial charge in [0.05, 0.1) is 6.04 Å². The number of likely N-dealkylation sites (tertiary alicyclic amines) is 2. The van der Waals surface area contributed by atoms with Gasteiger partial charge in [-0.25, -0.2) is 4.98 Å². The lowest BCUT2D eigenvalue weighted by Crippen LogP contribution is -2.70. The molecular weight excluding hydrogens is 428 g/mol. The number of rotatable bonds is 5. The highest BCUT2D eigenvalue weighted by Crippen LogP contribution is 2.27. The first kappa shape index (κ1) is 20.6. The second-order valence-corrected chi connectivity index (χ2v) is 8.92. The minimum atomic E-state index is -0.0334. The third kappa shape index (κ3) is 3.84. The van der Waals surface area contributed by atoms with Crippen LogP contribution in [0.15, 0.2) is 83.3 Å². The highest BCUT2D eigenvalue weighted by molar-refractivity contribution is 5.98. The molecule has 0 aliphatic carbocycles. The number of carbonyl (C=O) groups is 2. The van der Waals surface area contributed by atoms with Crippen molar-refractivity contribution in [2.75, 3.05) is 26.2 Å². The average Bonchev–Trinajstić information content (AvgIpc) is 3.26. The van der Waals surface area contributed by atoms with E-state index < -0.39 is 0 Å². The van der Waals surface area contributed by atoms with Gasteiger partial charge >= 0.3 is 0 Å². The third-order valence-electron chi connectivity index (χ3n) is 6.60. The van der Waals surface area contributed by atoms with Gasteiger partial charge in [-0.05, 0) is 42.5 Å². The van der Waals surface area contributed by atoms with Crippen molar-refractivity contribution >= 4 is 22.9 Å². The molecule has 0 atom stereocenters. The molecule has 0 spiro atoms. The molecule has 0 bridgehead atoms. The molecule has 3 heterocycles. The number of oxazole rings is 1. The van der Waals surface area contributed by atoms with E-state index in [0.717, 1.165) is 24.2 Å². The second kappa shape index (κ2) is 8.43. The summed E-state index contributed by atoms with van der Waals surface area (Å²) < 4.78 is 5.91. The summed E-state index contributed by atoms with van der Waals surface area (Å²) in [6.07, 6.45) is 0. The van der Waals surface area contributed by atoms with Crippen LogP contribution in [0.4, 0.5) is 0 Å².